The van der Waals surface area contributed by atoms with Gasteiger partial charge in [0.05, 0.1) is 13.1 Å². The number of halogens is 1. The predicted octanol–water partition coefficient (Wildman–Crippen LogP) is 3.72. The summed E-state index contributed by atoms with van der Waals surface area (Å²) in [7, 11) is 0. The number of thiophene rings is 1. The van der Waals surface area contributed by atoms with E-state index in [1.807, 2.05) is 17.5 Å². The number of hydrogen-bond acceptors (Lipinski definition) is 4. The van der Waals surface area contributed by atoms with E-state index in [-0.39, 0.29) is 23.8 Å². The van der Waals surface area contributed by atoms with Crippen molar-refractivity contribution in [1.29, 1.82) is 0 Å². The number of nitrogens with one attached hydrogen (secondary N) is 1. The molecule has 0 aliphatic rings. The number of para-hydroxylation sites is 1. The number of fused-ring (bicyclic) bond motifs is 1. The van der Waals surface area contributed by atoms with Crippen LogP contribution < -0.4 is 5.32 Å². The Morgan fingerprint density at radius 3 is 2.73 bits per heavy atom. The molecule has 136 valence electrons. The SMILES string of the molecule is CCN(CC(=O)NCc1cccs1)C(=O)c1oc2c(F)cccc2c1C. The molecule has 0 saturated carbocycles. The lowest BCUT2D eigenvalue weighted by atomic mass is 10.1. The fourth-order valence-electron chi connectivity index (χ4n) is 2.71. The summed E-state index contributed by atoms with van der Waals surface area (Å²) in [4.78, 5) is 27.4. The Labute approximate surface area is 154 Å². The van der Waals surface area contributed by atoms with Crippen LogP contribution in [0.5, 0.6) is 0 Å². The molecule has 0 unspecified atom stereocenters. The molecule has 26 heavy (non-hydrogen) atoms. The number of aryl methyl sites for hydroxylation is 1. The Morgan fingerprint density at radius 1 is 1.27 bits per heavy atom. The number of hydrogen-bond donors (Lipinski definition) is 1. The van der Waals surface area contributed by atoms with Gasteiger partial charge in [-0.1, -0.05) is 18.2 Å². The number of benzene rings is 1. The number of rotatable bonds is 6. The molecular weight excluding hydrogens is 355 g/mol. The normalized spacial score (nSPS) is 10.9. The van der Waals surface area contributed by atoms with Crippen LogP contribution in [0.2, 0.25) is 0 Å². The first-order valence-electron chi connectivity index (χ1n) is 8.27. The third-order valence-corrected chi connectivity index (χ3v) is 5.03. The summed E-state index contributed by atoms with van der Waals surface area (Å²) in [5.41, 5.74) is 0.633. The molecule has 2 heterocycles. The molecule has 5 nitrogen and oxygen atoms in total. The van der Waals surface area contributed by atoms with E-state index in [0.717, 1.165) is 4.88 Å². The number of furan rings is 1. The lowest BCUT2D eigenvalue weighted by Gasteiger charge is -2.19. The van der Waals surface area contributed by atoms with Gasteiger partial charge in [0.15, 0.2) is 17.2 Å². The second-order valence-electron chi connectivity index (χ2n) is 5.85. The van der Waals surface area contributed by atoms with E-state index in [1.165, 1.54) is 11.0 Å². The van der Waals surface area contributed by atoms with Gasteiger partial charge < -0.3 is 14.6 Å². The van der Waals surface area contributed by atoms with Gasteiger partial charge in [-0.25, -0.2) is 4.39 Å². The smallest absolute Gasteiger partial charge is 0.290 e. The summed E-state index contributed by atoms with van der Waals surface area (Å²) in [6.07, 6.45) is 0. The molecule has 2 aromatic heterocycles. The van der Waals surface area contributed by atoms with Crippen molar-refractivity contribution in [2.24, 2.45) is 0 Å². The average molecular weight is 374 g/mol. The molecular formula is C19H19FN2O3S. The first kappa shape index (κ1) is 18.1. The predicted molar refractivity (Wildman–Crippen MR) is 98.7 cm³/mol. The van der Waals surface area contributed by atoms with E-state index < -0.39 is 11.7 Å². The molecule has 0 spiro atoms. The van der Waals surface area contributed by atoms with Crippen molar-refractivity contribution < 1.29 is 18.4 Å². The summed E-state index contributed by atoms with van der Waals surface area (Å²) in [6.45, 7) is 4.17. The van der Waals surface area contributed by atoms with Crippen LogP contribution in [0.1, 0.15) is 27.9 Å². The van der Waals surface area contributed by atoms with E-state index >= 15 is 0 Å². The molecule has 1 N–H and O–H groups in total. The summed E-state index contributed by atoms with van der Waals surface area (Å²) in [6, 6.07) is 8.41. The summed E-state index contributed by atoms with van der Waals surface area (Å²) < 4.78 is 19.4. The number of carbonyl (C=O) groups excluding carboxylic acids is 2. The standard InChI is InChI=1S/C19H19FN2O3S/c1-3-22(11-16(23)21-10-13-6-5-9-26-13)19(24)17-12(2)14-7-4-8-15(20)18(14)25-17/h4-9H,3,10-11H2,1-2H3,(H,21,23). The van der Waals surface area contributed by atoms with Gasteiger partial charge in [0, 0.05) is 22.4 Å². The molecule has 0 bridgehead atoms. The van der Waals surface area contributed by atoms with Crippen LogP contribution in [-0.4, -0.2) is 29.8 Å². The van der Waals surface area contributed by atoms with Crippen molar-refractivity contribution in [3.63, 3.8) is 0 Å². The third kappa shape index (κ3) is 3.62. The van der Waals surface area contributed by atoms with Gasteiger partial charge in [0.25, 0.3) is 5.91 Å². The van der Waals surface area contributed by atoms with Crippen LogP contribution in [0, 0.1) is 12.7 Å². The maximum absolute atomic E-state index is 13.9. The molecule has 0 saturated heterocycles. The van der Waals surface area contributed by atoms with Gasteiger partial charge in [-0.3, -0.25) is 9.59 Å². The van der Waals surface area contributed by atoms with Crippen LogP contribution in [0.15, 0.2) is 40.1 Å². The zero-order valence-corrected chi connectivity index (χ0v) is 15.4. The Bertz CT molecular complexity index is 934. The van der Waals surface area contributed by atoms with E-state index in [2.05, 4.69) is 5.32 Å². The molecule has 3 aromatic rings. The summed E-state index contributed by atoms with van der Waals surface area (Å²) >= 11 is 1.55. The number of carbonyl (C=O) groups is 2. The van der Waals surface area contributed by atoms with Crippen molar-refractivity contribution in [2.75, 3.05) is 13.1 Å². The highest BCUT2D eigenvalue weighted by molar-refractivity contribution is 7.09. The Kier molecular flexibility index (Phi) is 5.37. The molecule has 2 amide bonds. The van der Waals surface area contributed by atoms with Crippen molar-refractivity contribution in [3.8, 4) is 0 Å². The summed E-state index contributed by atoms with van der Waals surface area (Å²) in [5, 5.41) is 5.29. The van der Waals surface area contributed by atoms with Crippen molar-refractivity contribution in [2.45, 2.75) is 20.4 Å². The number of likely N-dealkylation sites (N-methyl/N-ethyl adjacent to an activating group) is 1. The fourth-order valence-corrected chi connectivity index (χ4v) is 3.36. The van der Waals surface area contributed by atoms with E-state index in [1.54, 1.807) is 37.3 Å². The van der Waals surface area contributed by atoms with Crippen LogP contribution in [0.4, 0.5) is 4.39 Å². The monoisotopic (exact) mass is 374 g/mol. The zero-order chi connectivity index (χ0) is 18.7. The third-order valence-electron chi connectivity index (χ3n) is 4.15. The Balaban J connectivity index is 1.73. The second kappa shape index (κ2) is 7.70. The molecule has 0 radical (unpaired) electrons. The van der Waals surface area contributed by atoms with Gasteiger partial charge in [0.2, 0.25) is 5.91 Å². The lowest BCUT2D eigenvalue weighted by molar-refractivity contribution is -0.121. The highest BCUT2D eigenvalue weighted by atomic mass is 32.1. The van der Waals surface area contributed by atoms with Gasteiger partial charge in [-0.15, -0.1) is 11.3 Å². The minimum Gasteiger partial charge on any atom is -0.448 e. The van der Waals surface area contributed by atoms with Gasteiger partial charge >= 0.3 is 0 Å². The van der Waals surface area contributed by atoms with Crippen LogP contribution >= 0.6 is 11.3 Å². The minimum absolute atomic E-state index is 0.0616. The zero-order valence-electron chi connectivity index (χ0n) is 14.5. The van der Waals surface area contributed by atoms with E-state index in [9.17, 15) is 14.0 Å². The van der Waals surface area contributed by atoms with Crippen molar-refractivity contribution in [3.05, 3.63) is 57.7 Å². The lowest BCUT2D eigenvalue weighted by Crippen LogP contribution is -2.40. The van der Waals surface area contributed by atoms with Gasteiger partial charge in [-0.2, -0.15) is 0 Å². The van der Waals surface area contributed by atoms with Gasteiger partial charge in [0.1, 0.15) is 0 Å². The largest absolute Gasteiger partial charge is 0.448 e. The molecule has 0 atom stereocenters. The van der Waals surface area contributed by atoms with Crippen LogP contribution in [0.3, 0.4) is 0 Å². The topological polar surface area (TPSA) is 62.6 Å². The molecule has 0 fully saturated rings. The van der Waals surface area contributed by atoms with Crippen LogP contribution in [0.25, 0.3) is 11.0 Å². The maximum Gasteiger partial charge on any atom is 0.290 e. The molecule has 3 rings (SSSR count). The Morgan fingerprint density at radius 2 is 2.08 bits per heavy atom. The quantitative estimate of drug-likeness (QED) is 0.715. The van der Waals surface area contributed by atoms with Crippen molar-refractivity contribution >= 4 is 34.1 Å². The second-order valence-corrected chi connectivity index (χ2v) is 6.88. The number of amides is 2. The number of nitrogens with zero attached hydrogens (tertiary/aromatic N) is 1. The van der Waals surface area contributed by atoms with E-state index in [0.29, 0.717) is 24.0 Å². The fraction of sp³-hybridized carbons (Fsp3) is 0.263. The first-order chi connectivity index (χ1) is 12.5. The van der Waals surface area contributed by atoms with Crippen molar-refractivity contribution in [1.82, 2.24) is 10.2 Å². The Hall–Kier alpha value is -2.67. The average Bonchev–Trinajstić information content (AvgIpc) is 3.26. The van der Waals surface area contributed by atoms with Gasteiger partial charge in [-0.05, 0) is 31.4 Å². The minimum atomic E-state index is -0.513. The molecule has 7 heteroatoms. The molecule has 0 aliphatic heterocycles. The highest BCUT2D eigenvalue weighted by Gasteiger charge is 2.25. The van der Waals surface area contributed by atoms with E-state index in [4.69, 9.17) is 4.42 Å². The summed E-state index contributed by atoms with van der Waals surface area (Å²) in [5.74, 6) is -1.13. The maximum atomic E-state index is 13.9. The first-order valence-corrected chi connectivity index (χ1v) is 9.15. The molecule has 1 aromatic carbocycles. The van der Waals surface area contributed by atoms with Crippen LogP contribution in [-0.2, 0) is 11.3 Å². The molecule has 0 aliphatic carbocycles. The highest BCUT2D eigenvalue weighted by Crippen LogP contribution is 2.28.